The smallest absolute Gasteiger partial charge is 0.147 e. The van der Waals surface area contributed by atoms with E-state index in [0.717, 1.165) is 24.3 Å². The van der Waals surface area contributed by atoms with Crippen molar-refractivity contribution in [3.63, 3.8) is 0 Å². The van der Waals surface area contributed by atoms with Gasteiger partial charge in [-0.25, -0.2) is 8.78 Å². The Hall–Kier alpha value is -1.43. The minimum absolute atomic E-state index is 0.418. The van der Waals surface area contributed by atoms with Crippen LogP contribution in [0.2, 0.25) is 0 Å². The van der Waals surface area contributed by atoms with Gasteiger partial charge in [0.1, 0.15) is 23.3 Å². The molecule has 1 atom stereocenters. The molecule has 0 amide bonds. The van der Waals surface area contributed by atoms with Crippen molar-refractivity contribution in [1.82, 2.24) is 0 Å². The molecule has 1 saturated carbocycles. The molecule has 2 aliphatic carbocycles. The number of rotatable bonds is 1. The van der Waals surface area contributed by atoms with Gasteiger partial charge >= 0.3 is 0 Å². The molecule has 0 aromatic heterocycles. The van der Waals surface area contributed by atoms with Crippen molar-refractivity contribution in [2.24, 2.45) is 17.8 Å². The second-order valence-electron chi connectivity index (χ2n) is 6.82. The summed E-state index contributed by atoms with van der Waals surface area (Å²) in [7, 11) is 0. The first kappa shape index (κ1) is 14.5. The van der Waals surface area contributed by atoms with E-state index in [1.54, 1.807) is 6.07 Å². The summed E-state index contributed by atoms with van der Waals surface area (Å²) in [5, 5.41) is 8.85. The lowest BCUT2D eigenvalue weighted by atomic mass is 9.70. The Kier molecular flexibility index (Phi) is 3.97. The van der Waals surface area contributed by atoms with Gasteiger partial charge in [-0.15, -0.1) is 0 Å². The Morgan fingerprint density at radius 1 is 1.10 bits per heavy atom. The van der Waals surface area contributed by atoms with Crippen LogP contribution in [0, 0.1) is 40.7 Å². The second kappa shape index (κ2) is 5.75. The third-order valence-electron chi connectivity index (χ3n) is 5.50. The Bertz CT molecular complexity index is 580. The van der Waals surface area contributed by atoms with Gasteiger partial charge in [-0.1, -0.05) is 19.8 Å². The fraction of sp³-hybridized carbons (Fsp3) is 0.611. The summed E-state index contributed by atoms with van der Waals surface area (Å²) < 4.78 is 28.0. The summed E-state index contributed by atoms with van der Waals surface area (Å²) in [6.07, 6.45) is 7.46. The lowest BCUT2D eigenvalue weighted by Gasteiger charge is -2.35. The van der Waals surface area contributed by atoms with Gasteiger partial charge in [-0.2, -0.15) is 5.26 Å². The van der Waals surface area contributed by atoms with Crippen LogP contribution < -0.4 is 0 Å². The van der Waals surface area contributed by atoms with E-state index < -0.39 is 17.2 Å². The van der Waals surface area contributed by atoms with Crippen LogP contribution in [-0.4, -0.2) is 0 Å². The standard InChI is InChI=1S/C18H21F2N/c1-11-2-4-12(5-3-11)13-6-7-15-14(8-13)9-17(19)16(10-21)18(15)20/h9,11-13H,2-8H2,1H3. The van der Waals surface area contributed by atoms with Crippen molar-refractivity contribution < 1.29 is 8.78 Å². The summed E-state index contributed by atoms with van der Waals surface area (Å²) in [4.78, 5) is 0. The normalized spacial score (nSPS) is 28.8. The zero-order valence-electron chi connectivity index (χ0n) is 12.5. The highest BCUT2D eigenvalue weighted by molar-refractivity contribution is 5.42. The Morgan fingerprint density at radius 2 is 1.81 bits per heavy atom. The molecule has 1 nitrogen and oxygen atoms in total. The zero-order valence-corrected chi connectivity index (χ0v) is 12.5. The molecule has 112 valence electrons. The molecule has 0 radical (unpaired) electrons. The van der Waals surface area contributed by atoms with E-state index in [0.29, 0.717) is 23.8 Å². The number of nitriles is 1. The largest absolute Gasteiger partial charge is 0.205 e. The summed E-state index contributed by atoms with van der Waals surface area (Å²) in [6, 6.07) is 3.04. The fourth-order valence-electron chi connectivity index (χ4n) is 4.14. The molecule has 0 heterocycles. The number of fused-ring (bicyclic) bond motifs is 1. The molecule has 0 spiro atoms. The van der Waals surface area contributed by atoms with Crippen LogP contribution in [-0.2, 0) is 12.8 Å². The average molecular weight is 289 g/mol. The molecule has 0 saturated heterocycles. The average Bonchev–Trinajstić information content (AvgIpc) is 2.48. The van der Waals surface area contributed by atoms with Crippen LogP contribution in [0.15, 0.2) is 6.07 Å². The zero-order chi connectivity index (χ0) is 15.0. The van der Waals surface area contributed by atoms with E-state index in [1.165, 1.54) is 31.7 Å². The van der Waals surface area contributed by atoms with Crippen molar-refractivity contribution in [2.75, 3.05) is 0 Å². The molecule has 0 N–H and O–H groups in total. The summed E-state index contributed by atoms with van der Waals surface area (Å²) >= 11 is 0. The molecule has 0 aliphatic heterocycles. The van der Waals surface area contributed by atoms with Crippen LogP contribution in [0.1, 0.15) is 55.7 Å². The first-order valence-electron chi connectivity index (χ1n) is 8.00. The Morgan fingerprint density at radius 3 is 2.48 bits per heavy atom. The number of halogens is 2. The third-order valence-corrected chi connectivity index (χ3v) is 5.50. The van der Waals surface area contributed by atoms with Gasteiger partial charge < -0.3 is 0 Å². The highest BCUT2D eigenvalue weighted by Crippen LogP contribution is 2.40. The SMILES string of the molecule is CC1CCC(C2CCc3c(cc(F)c(C#N)c3F)C2)CC1. The molecule has 1 aromatic rings. The Labute approximate surface area is 125 Å². The van der Waals surface area contributed by atoms with Gasteiger partial charge in [0.2, 0.25) is 0 Å². The molecule has 21 heavy (non-hydrogen) atoms. The molecule has 1 fully saturated rings. The third kappa shape index (κ3) is 2.69. The van der Waals surface area contributed by atoms with E-state index in [4.69, 9.17) is 5.26 Å². The summed E-state index contributed by atoms with van der Waals surface area (Å²) in [5.74, 6) is 0.757. The number of hydrogen-bond acceptors (Lipinski definition) is 1. The quantitative estimate of drug-likeness (QED) is 0.730. The summed E-state index contributed by atoms with van der Waals surface area (Å²) in [6.45, 7) is 2.31. The topological polar surface area (TPSA) is 23.8 Å². The highest BCUT2D eigenvalue weighted by atomic mass is 19.1. The molecule has 0 bridgehead atoms. The monoisotopic (exact) mass is 289 g/mol. The van der Waals surface area contributed by atoms with Crippen molar-refractivity contribution >= 4 is 0 Å². The summed E-state index contributed by atoms with van der Waals surface area (Å²) in [5.41, 5.74) is 0.950. The van der Waals surface area contributed by atoms with E-state index >= 15 is 0 Å². The lowest BCUT2D eigenvalue weighted by Crippen LogP contribution is -2.27. The predicted molar refractivity (Wildman–Crippen MR) is 77.7 cm³/mol. The fourth-order valence-corrected chi connectivity index (χ4v) is 4.14. The van der Waals surface area contributed by atoms with E-state index in [1.807, 2.05) is 0 Å². The van der Waals surface area contributed by atoms with Crippen molar-refractivity contribution in [1.29, 1.82) is 5.26 Å². The van der Waals surface area contributed by atoms with Gasteiger partial charge in [-0.3, -0.25) is 0 Å². The second-order valence-corrected chi connectivity index (χ2v) is 6.82. The molecule has 1 unspecified atom stereocenters. The molecule has 3 heteroatoms. The first-order chi connectivity index (χ1) is 10.1. The molecule has 3 rings (SSSR count). The van der Waals surface area contributed by atoms with Crippen LogP contribution in [0.25, 0.3) is 0 Å². The van der Waals surface area contributed by atoms with Crippen molar-refractivity contribution in [2.45, 2.75) is 51.9 Å². The molecular formula is C18H21F2N. The lowest BCUT2D eigenvalue weighted by molar-refractivity contribution is 0.196. The molecule has 1 aromatic carbocycles. The van der Waals surface area contributed by atoms with Crippen LogP contribution in [0.3, 0.4) is 0 Å². The minimum atomic E-state index is -0.702. The Balaban J connectivity index is 1.82. The number of nitrogens with zero attached hydrogens (tertiary/aromatic N) is 1. The number of hydrogen-bond donors (Lipinski definition) is 0. The maximum absolute atomic E-state index is 14.2. The van der Waals surface area contributed by atoms with Gasteiger partial charge in [-0.05, 0) is 67.1 Å². The van der Waals surface area contributed by atoms with E-state index in [2.05, 4.69) is 6.92 Å². The van der Waals surface area contributed by atoms with Gasteiger partial charge in [0.15, 0.2) is 0 Å². The van der Waals surface area contributed by atoms with Gasteiger partial charge in [0, 0.05) is 0 Å². The maximum Gasteiger partial charge on any atom is 0.147 e. The van der Waals surface area contributed by atoms with E-state index in [-0.39, 0.29) is 0 Å². The minimum Gasteiger partial charge on any atom is -0.205 e. The van der Waals surface area contributed by atoms with Crippen LogP contribution in [0.5, 0.6) is 0 Å². The van der Waals surface area contributed by atoms with Gasteiger partial charge in [0.05, 0.1) is 0 Å². The molecular weight excluding hydrogens is 268 g/mol. The number of benzene rings is 1. The maximum atomic E-state index is 14.2. The van der Waals surface area contributed by atoms with Gasteiger partial charge in [0.25, 0.3) is 0 Å². The van der Waals surface area contributed by atoms with Crippen molar-refractivity contribution in [3.05, 3.63) is 34.4 Å². The van der Waals surface area contributed by atoms with Crippen LogP contribution >= 0.6 is 0 Å². The highest BCUT2D eigenvalue weighted by Gasteiger charge is 2.31. The predicted octanol–water partition coefficient (Wildman–Crippen LogP) is 4.77. The first-order valence-corrected chi connectivity index (χ1v) is 8.00. The van der Waals surface area contributed by atoms with Crippen molar-refractivity contribution in [3.8, 4) is 6.07 Å². The van der Waals surface area contributed by atoms with E-state index in [9.17, 15) is 8.78 Å². The molecule has 2 aliphatic rings. The van der Waals surface area contributed by atoms with Crippen LogP contribution in [0.4, 0.5) is 8.78 Å².